The number of hydrogen-bond donors (Lipinski definition) is 1. The molecule has 2 rings (SSSR count). The topological polar surface area (TPSA) is 40.5 Å². The first-order valence-corrected chi connectivity index (χ1v) is 6.11. The van der Waals surface area contributed by atoms with Crippen molar-refractivity contribution in [2.24, 2.45) is 0 Å². The van der Waals surface area contributed by atoms with E-state index >= 15 is 0 Å². The normalized spacial score (nSPS) is 24.0. The Morgan fingerprint density at radius 3 is 2.71 bits per heavy atom. The molecule has 1 aliphatic heterocycles. The molecular weight excluding hydrogens is 214 g/mol. The van der Waals surface area contributed by atoms with E-state index in [-0.39, 0.29) is 5.91 Å². The molecule has 0 saturated carbocycles. The van der Waals surface area contributed by atoms with E-state index in [2.05, 4.69) is 0 Å². The molecule has 0 aliphatic carbocycles. The van der Waals surface area contributed by atoms with Gasteiger partial charge in [-0.15, -0.1) is 0 Å². The van der Waals surface area contributed by atoms with Crippen LogP contribution in [-0.2, 0) is 11.2 Å². The van der Waals surface area contributed by atoms with Gasteiger partial charge in [0.1, 0.15) is 0 Å². The van der Waals surface area contributed by atoms with E-state index in [0.717, 1.165) is 6.42 Å². The van der Waals surface area contributed by atoms with Gasteiger partial charge in [0.25, 0.3) is 0 Å². The van der Waals surface area contributed by atoms with Crippen LogP contribution in [0.2, 0.25) is 0 Å². The van der Waals surface area contributed by atoms with Crippen molar-refractivity contribution in [1.82, 2.24) is 4.90 Å². The van der Waals surface area contributed by atoms with Gasteiger partial charge in [-0.2, -0.15) is 0 Å². The maximum atomic E-state index is 11.9. The molecule has 1 amide bonds. The zero-order chi connectivity index (χ0) is 12.3. The van der Waals surface area contributed by atoms with Crippen LogP contribution in [0.3, 0.4) is 0 Å². The maximum absolute atomic E-state index is 11.9. The van der Waals surface area contributed by atoms with Gasteiger partial charge in [0.15, 0.2) is 0 Å². The Hall–Kier alpha value is -1.35. The van der Waals surface area contributed by atoms with E-state index in [1.54, 1.807) is 11.8 Å². The van der Waals surface area contributed by atoms with Crippen molar-refractivity contribution in [3.63, 3.8) is 0 Å². The minimum Gasteiger partial charge on any atom is -0.388 e. The second-order valence-electron chi connectivity index (χ2n) is 5.05. The molecule has 17 heavy (non-hydrogen) atoms. The minimum atomic E-state index is -0.692. The fourth-order valence-electron chi connectivity index (χ4n) is 2.21. The van der Waals surface area contributed by atoms with E-state index in [4.69, 9.17) is 0 Å². The quantitative estimate of drug-likeness (QED) is 0.861. The first-order valence-electron chi connectivity index (χ1n) is 6.11. The maximum Gasteiger partial charge on any atom is 0.223 e. The number of β-amino-alcohol motifs (C(OH)–C–C–N with tert-alkyl or cyclic N) is 1. The summed E-state index contributed by atoms with van der Waals surface area (Å²) in [5.74, 6) is 0.145. The number of nitrogens with zero attached hydrogens (tertiary/aromatic N) is 1. The fourth-order valence-corrected chi connectivity index (χ4v) is 2.21. The average molecular weight is 233 g/mol. The van der Waals surface area contributed by atoms with Crippen LogP contribution >= 0.6 is 0 Å². The first-order chi connectivity index (χ1) is 8.07. The van der Waals surface area contributed by atoms with Gasteiger partial charge >= 0.3 is 0 Å². The van der Waals surface area contributed by atoms with Gasteiger partial charge in [-0.1, -0.05) is 30.3 Å². The van der Waals surface area contributed by atoms with Crippen molar-refractivity contribution in [3.8, 4) is 0 Å². The summed E-state index contributed by atoms with van der Waals surface area (Å²) in [5.41, 5.74) is 0.495. The number of rotatable bonds is 3. The number of aryl methyl sites for hydroxylation is 1. The summed E-state index contributed by atoms with van der Waals surface area (Å²) >= 11 is 0. The van der Waals surface area contributed by atoms with E-state index in [1.807, 2.05) is 30.3 Å². The van der Waals surface area contributed by atoms with E-state index in [1.165, 1.54) is 5.56 Å². The molecule has 1 saturated heterocycles. The van der Waals surface area contributed by atoms with Gasteiger partial charge in [-0.3, -0.25) is 4.79 Å². The van der Waals surface area contributed by atoms with Crippen molar-refractivity contribution in [2.75, 3.05) is 13.1 Å². The van der Waals surface area contributed by atoms with Gasteiger partial charge in [0, 0.05) is 19.5 Å². The summed E-state index contributed by atoms with van der Waals surface area (Å²) in [7, 11) is 0. The summed E-state index contributed by atoms with van der Waals surface area (Å²) in [5, 5.41) is 9.81. The van der Waals surface area contributed by atoms with E-state index < -0.39 is 5.60 Å². The third kappa shape index (κ3) is 3.30. The van der Waals surface area contributed by atoms with Crippen molar-refractivity contribution in [2.45, 2.75) is 31.8 Å². The summed E-state index contributed by atoms with van der Waals surface area (Å²) in [4.78, 5) is 13.7. The monoisotopic (exact) mass is 233 g/mol. The van der Waals surface area contributed by atoms with Crippen LogP contribution in [0.4, 0.5) is 0 Å². The number of carbonyl (C=O) groups is 1. The Kier molecular flexibility index (Phi) is 3.48. The lowest BCUT2D eigenvalue weighted by Gasteiger charge is -2.19. The van der Waals surface area contributed by atoms with Crippen LogP contribution in [0.1, 0.15) is 25.3 Å². The molecule has 0 aromatic heterocycles. The highest BCUT2D eigenvalue weighted by Gasteiger charge is 2.33. The van der Waals surface area contributed by atoms with E-state index in [0.29, 0.717) is 25.9 Å². The molecule has 3 heteroatoms. The number of hydrogen-bond acceptors (Lipinski definition) is 2. The fraction of sp³-hybridized carbons (Fsp3) is 0.500. The molecule has 3 nitrogen and oxygen atoms in total. The second-order valence-corrected chi connectivity index (χ2v) is 5.05. The molecular formula is C14H19NO2. The molecule has 0 bridgehead atoms. The SMILES string of the molecule is CC1(O)CCN(C(=O)CCc2ccccc2)C1. The molecule has 1 heterocycles. The Labute approximate surface area is 102 Å². The Morgan fingerprint density at radius 1 is 1.41 bits per heavy atom. The third-order valence-corrected chi connectivity index (χ3v) is 3.27. The second kappa shape index (κ2) is 4.88. The molecule has 1 atom stereocenters. The molecule has 1 aliphatic rings. The lowest BCUT2D eigenvalue weighted by atomic mass is 10.1. The van der Waals surface area contributed by atoms with Gasteiger partial charge in [0.05, 0.1) is 5.60 Å². The molecule has 1 N–H and O–H groups in total. The number of likely N-dealkylation sites (tertiary alicyclic amines) is 1. The zero-order valence-corrected chi connectivity index (χ0v) is 10.2. The Morgan fingerprint density at radius 2 is 2.12 bits per heavy atom. The molecule has 0 spiro atoms. The summed E-state index contributed by atoms with van der Waals surface area (Å²) in [6, 6.07) is 10.0. The number of aliphatic hydroxyl groups is 1. The lowest BCUT2D eigenvalue weighted by Crippen LogP contribution is -2.33. The van der Waals surface area contributed by atoms with Crippen LogP contribution in [0.15, 0.2) is 30.3 Å². The highest BCUT2D eigenvalue weighted by atomic mass is 16.3. The highest BCUT2D eigenvalue weighted by molar-refractivity contribution is 5.76. The van der Waals surface area contributed by atoms with Crippen LogP contribution in [-0.4, -0.2) is 34.6 Å². The summed E-state index contributed by atoms with van der Waals surface area (Å²) in [6.45, 7) is 2.94. The molecule has 1 unspecified atom stereocenters. The number of amides is 1. The summed E-state index contributed by atoms with van der Waals surface area (Å²) < 4.78 is 0. The smallest absolute Gasteiger partial charge is 0.223 e. The van der Waals surface area contributed by atoms with Crippen LogP contribution < -0.4 is 0 Å². The van der Waals surface area contributed by atoms with E-state index in [9.17, 15) is 9.90 Å². The van der Waals surface area contributed by atoms with Crippen LogP contribution in [0.25, 0.3) is 0 Å². The molecule has 1 aromatic rings. The highest BCUT2D eigenvalue weighted by Crippen LogP contribution is 2.21. The van der Waals surface area contributed by atoms with Gasteiger partial charge < -0.3 is 10.0 Å². The first kappa shape index (κ1) is 12.1. The van der Waals surface area contributed by atoms with Crippen molar-refractivity contribution in [1.29, 1.82) is 0 Å². The number of carbonyl (C=O) groups excluding carboxylic acids is 1. The third-order valence-electron chi connectivity index (χ3n) is 3.27. The molecule has 1 fully saturated rings. The average Bonchev–Trinajstić information content (AvgIpc) is 2.68. The number of benzene rings is 1. The van der Waals surface area contributed by atoms with Gasteiger partial charge in [0.2, 0.25) is 5.91 Å². The Balaban J connectivity index is 1.83. The van der Waals surface area contributed by atoms with Crippen molar-refractivity contribution >= 4 is 5.91 Å². The lowest BCUT2D eigenvalue weighted by molar-refractivity contribution is -0.131. The Bertz CT molecular complexity index is 386. The summed E-state index contributed by atoms with van der Waals surface area (Å²) in [6.07, 6.45) is 1.99. The standard InChI is InChI=1S/C14H19NO2/c1-14(17)9-10-15(11-14)13(16)8-7-12-5-3-2-4-6-12/h2-6,17H,7-11H2,1H3. The predicted molar refractivity (Wildman–Crippen MR) is 66.6 cm³/mol. The molecule has 92 valence electrons. The largest absolute Gasteiger partial charge is 0.388 e. The molecule has 0 radical (unpaired) electrons. The van der Waals surface area contributed by atoms with Crippen molar-refractivity contribution in [3.05, 3.63) is 35.9 Å². The van der Waals surface area contributed by atoms with Gasteiger partial charge in [-0.05, 0) is 25.3 Å². The zero-order valence-electron chi connectivity index (χ0n) is 10.2. The molecule has 1 aromatic carbocycles. The van der Waals surface area contributed by atoms with Gasteiger partial charge in [-0.25, -0.2) is 0 Å². The van der Waals surface area contributed by atoms with Crippen LogP contribution in [0.5, 0.6) is 0 Å². The minimum absolute atomic E-state index is 0.145. The predicted octanol–water partition coefficient (Wildman–Crippen LogP) is 1.60. The van der Waals surface area contributed by atoms with Crippen LogP contribution in [0, 0.1) is 0 Å². The van der Waals surface area contributed by atoms with Crippen molar-refractivity contribution < 1.29 is 9.90 Å².